The third-order valence-corrected chi connectivity index (χ3v) is 5.41. The van der Waals surface area contributed by atoms with Crippen LogP contribution >= 0.6 is 12.4 Å². The maximum absolute atomic E-state index is 10.3. The summed E-state index contributed by atoms with van der Waals surface area (Å²) in [5.74, 6) is 2.05. The average molecular weight is 538 g/mol. The van der Waals surface area contributed by atoms with Gasteiger partial charge >= 0.3 is 5.97 Å². The normalized spacial score (nSPS) is 13.2. The first-order valence-corrected chi connectivity index (χ1v) is 12.3. The van der Waals surface area contributed by atoms with E-state index >= 15 is 0 Å². The minimum Gasteiger partial charge on any atom is -0.494 e. The van der Waals surface area contributed by atoms with Gasteiger partial charge in [-0.3, -0.25) is 4.90 Å². The molecular weight excluding hydrogens is 498 g/mol. The van der Waals surface area contributed by atoms with Crippen LogP contribution in [0.15, 0.2) is 48.5 Å². The molecule has 206 valence electrons. The fourth-order valence-electron chi connectivity index (χ4n) is 3.39. The van der Waals surface area contributed by atoms with E-state index in [9.17, 15) is 4.79 Å². The molecular formula is C28H40ClNO7. The molecule has 1 saturated heterocycles. The van der Waals surface area contributed by atoms with Crippen LogP contribution in [0, 0.1) is 0 Å². The summed E-state index contributed by atoms with van der Waals surface area (Å²) in [7, 11) is 3.08. The number of hydrogen-bond acceptors (Lipinski definition) is 7. The number of nitrogens with zero attached hydrogens (tertiary/aromatic N) is 1. The Hall–Kier alpha value is -2.94. The lowest BCUT2D eigenvalue weighted by Gasteiger charge is -2.26. The van der Waals surface area contributed by atoms with E-state index < -0.39 is 5.97 Å². The molecule has 0 spiro atoms. The fraction of sp³-hybridized carbons (Fsp3) is 0.464. The number of aliphatic carboxylic acids is 1. The van der Waals surface area contributed by atoms with Gasteiger partial charge in [-0.25, -0.2) is 4.79 Å². The standard InChI is InChI=1S/C17H27NO3.C11H12O4.ClH/c1-2-3-12-20-16-5-7-17(8-6-16)21-13-4-9-18-10-14-19-15-11-18;1-14-9-5-3-8(4-6-11(12)13)7-10(9)15-2;/h5-8H,2-4,9-15H2,1H3;3-7H,1-2H3,(H,12,13);1H. The van der Waals surface area contributed by atoms with E-state index in [1.54, 1.807) is 25.3 Å². The average Bonchev–Trinajstić information content (AvgIpc) is 2.91. The maximum Gasteiger partial charge on any atom is 0.328 e. The predicted molar refractivity (Wildman–Crippen MR) is 148 cm³/mol. The molecule has 9 heteroatoms. The van der Waals surface area contributed by atoms with Gasteiger partial charge < -0.3 is 28.8 Å². The highest BCUT2D eigenvalue weighted by Crippen LogP contribution is 2.27. The number of morpholine rings is 1. The summed E-state index contributed by atoms with van der Waals surface area (Å²) in [6.07, 6.45) is 5.87. The molecule has 0 unspecified atom stereocenters. The summed E-state index contributed by atoms with van der Waals surface area (Å²) in [5, 5.41) is 8.46. The smallest absolute Gasteiger partial charge is 0.328 e. The van der Waals surface area contributed by atoms with Crippen molar-refractivity contribution in [1.29, 1.82) is 0 Å². The van der Waals surface area contributed by atoms with Crippen LogP contribution in [0.5, 0.6) is 23.0 Å². The van der Waals surface area contributed by atoms with Crippen LogP contribution in [0.2, 0.25) is 0 Å². The van der Waals surface area contributed by atoms with Gasteiger partial charge in [-0.2, -0.15) is 0 Å². The predicted octanol–water partition coefficient (Wildman–Crippen LogP) is 5.19. The number of carboxylic acid groups (broad SMARTS) is 1. The summed E-state index contributed by atoms with van der Waals surface area (Å²) >= 11 is 0. The molecule has 1 fully saturated rings. The Kier molecular flexibility index (Phi) is 16.7. The van der Waals surface area contributed by atoms with Gasteiger partial charge in [0.1, 0.15) is 11.5 Å². The van der Waals surface area contributed by atoms with Gasteiger partial charge in [0, 0.05) is 25.7 Å². The summed E-state index contributed by atoms with van der Waals surface area (Å²) in [4.78, 5) is 12.7. The monoisotopic (exact) mass is 537 g/mol. The molecule has 0 bridgehead atoms. The van der Waals surface area contributed by atoms with Crippen LogP contribution in [0.3, 0.4) is 0 Å². The fourth-order valence-corrected chi connectivity index (χ4v) is 3.39. The van der Waals surface area contributed by atoms with E-state index in [-0.39, 0.29) is 12.4 Å². The van der Waals surface area contributed by atoms with Crippen LogP contribution < -0.4 is 18.9 Å². The molecule has 2 aromatic rings. The lowest BCUT2D eigenvalue weighted by molar-refractivity contribution is -0.131. The van der Waals surface area contributed by atoms with E-state index in [0.717, 1.165) is 88.5 Å². The maximum atomic E-state index is 10.3. The van der Waals surface area contributed by atoms with Crippen molar-refractivity contribution in [2.75, 3.05) is 60.3 Å². The first kappa shape index (κ1) is 32.1. The summed E-state index contributed by atoms with van der Waals surface area (Å²) in [6, 6.07) is 13.1. The van der Waals surface area contributed by atoms with Gasteiger partial charge in [0.25, 0.3) is 0 Å². The summed E-state index contributed by atoms with van der Waals surface area (Å²) in [5.41, 5.74) is 0.745. The highest BCUT2D eigenvalue weighted by atomic mass is 35.5. The number of benzene rings is 2. The minimum atomic E-state index is -0.982. The highest BCUT2D eigenvalue weighted by Gasteiger charge is 2.09. The van der Waals surface area contributed by atoms with Gasteiger partial charge in [0.15, 0.2) is 11.5 Å². The lowest BCUT2D eigenvalue weighted by Crippen LogP contribution is -2.37. The van der Waals surface area contributed by atoms with Crippen molar-refractivity contribution in [3.63, 3.8) is 0 Å². The number of methoxy groups -OCH3 is 2. The van der Waals surface area contributed by atoms with Crippen LogP contribution in [0.25, 0.3) is 6.08 Å². The molecule has 1 aliphatic rings. The van der Waals surface area contributed by atoms with Crippen molar-refractivity contribution < 1.29 is 33.6 Å². The second-order valence-electron chi connectivity index (χ2n) is 8.12. The van der Waals surface area contributed by atoms with Gasteiger partial charge in [-0.1, -0.05) is 19.4 Å². The molecule has 0 aliphatic carbocycles. The molecule has 8 nitrogen and oxygen atoms in total. The Morgan fingerprint density at radius 3 is 2.08 bits per heavy atom. The molecule has 1 N–H and O–H groups in total. The number of carboxylic acids is 1. The van der Waals surface area contributed by atoms with Gasteiger partial charge in [0.2, 0.25) is 0 Å². The largest absolute Gasteiger partial charge is 0.494 e. The first-order valence-electron chi connectivity index (χ1n) is 12.3. The third-order valence-electron chi connectivity index (χ3n) is 5.41. The first-order chi connectivity index (χ1) is 17.5. The second kappa shape index (κ2) is 19.2. The number of ether oxygens (including phenoxy) is 5. The van der Waals surface area contributed by atoms with E-state index in [4.69, 9.17) is 28.8 Å². The second-order valence-corrected chi connectivity index (χ2v) is 8.12. The Morgan fingerprint density at radius 1 is 0.946 bits per heavy atom. The number of unbranched alkanes of at least 4 members (excludes halogenated alkanes) is 1. The van der Waals surface area contributed by atoms with E-state index in [0.29, 0.717) is 11.5 Å². The van der Waals surface area contributed by atoms with Gasteiger partial charge in [-0.05, 0) is 60.9 Å². The third kappa shape index (κ3) is 13.3. The van der Waals surface area contributed by atoms with Crippen molar-refractivity contribution in [3.8, 4) is 23.0 Å². The Balaban J connectivity index is 0.000000381. The molecule has 0 atom stereocenters. The Labute approximate surface area is 226 Å². The van der Waals surface area contributed by atoms with Crippen molar-refractivity contribution in [3.05, 3.63) is 54.1 Å². The van der Waals surface area contributed by atoms with Crippen molar-refractivity contribution in [1.82, 2.24) is 4.90 Å². The Morgan fingerprint density at radius 2 is 1.54 bits per heavy atom. The topological polar surface area (TPSA) is 86.7 Å². The molecule has 0 aromatic heterocycles. The van der Waals surface area contributed by atoms with Gasteiger partial charge in [-0.15, -0.1) is 12.4 Å². The van der Waals surface area contributed by atoms with Crippen molar-refractivity contribution >= 4 is 24.5 Å². The quantitative estimate of drug-likeness (QED) is 0.276. The SMILES string of the molecule is CCCCOc1ccc(OCCCN2CCOCC2)cc1.COc1ccc(C=CC(=O)O)cc1OC.Cl. The zero-order valence-electron chi connectivity index (χ0n) is 22.0. The molecule has 3 rings (SSSR count). The van der Waals surface area contributed by atoms with Crippen molar-refractivity contribution in [2.45, 2.75) is 26.2 Å². The molecule has 37 heavy (non-hydrogen) atoms. The number of hydrogen-bond donors (Lipinski definition) is 1. The van der Waals surface area contributed by atoms with E-state index in [2.05, 4.69) is 11.8 Å². The molecule has 1 heterocycles. The highest BCUT2D eigenvalue weighted by molar-refractivity contribution is 5.85. The van der Waals surface area contributed by atoms with Crippen LogP contribution in [-0.4, -0.2) is 76.3 Å². The summed E-state index contributed by atoms with van der Waals surface area (Å²) in [6.45, 7) is 8.61. The number of halogens is 1. The number of carbonyl (C=O) groups is 1. The van der Waals surface area contributed by atoms with Crippen LogP contribution in [0.4, 0.5) is 0 Å². The zero-order chi connectivity index (χ0) is 26.0. The lowest BCUT2D eigenvalue weighted by atomic mass is 10.2. The van der Waals surface area contributed by atoms with Gasteiger partial charge in [0.05, 0.1) is 40.6 Å². The molecule has 0 saturated carbocycles. The minimum absolute atomic E-state index is 0. The zero-order valence-corrected chi connectivity index (χ0v) is 22.8. The molecule has 0 amide bonds. The van der Waals surface area contributed by atoms with Crippen molar-refractivity contribution in [2.24, 2.45) is 0 Å². The number of rotatable bonds is 13. The van der Waals surface area contributed by atoms with Crippen LogP contribution in [0.1, 0.15) is 31.7 Å². The summed E-state index contributed by atoms with van der Waals surface area (Å²) < 4.78 is 26.9. The van der Waals surface area contributed by atoms with E-state index in [1.165, 1.54) is 13.2 Å². The van der Waals surface area contributed by atoms with Crippen LogP contribution in [-0.2, 0) is 9.53 Å². The Bertz CT molecular complexity index is 915. The molecule has 0 radical (unpaired) electrons. The van der Waals surface area contributed by atoms with E-state index in [1.807, 2.05) is 24.3 Å². The molecule has 2 aromatic carbocycles. The molecule has 1 aliphatic heterocycles.